The van der Waals surface area contributed by atoms with Crippen LogP contribution in [-0.2, 0) is 0 Å². The summed E-state index contributed by atoms with van der Waals surface area (Å²) in [6, 6.07) is 21.7. The van der Waals surface area contributed by atoms with E-state index in [4.69, 9.17) is 9.52 Å². The molecule has 2 aromatic carbocycles. The van der Waals surface area contributed by atoms with Crippen molar-refractivity contribution in [3.05, 3.63) is 78.7 Å². The number of hydrogen-bond acceptors (Lipinski definition) is 3. The molecule has 24 heavy (non-hydrogen) atoms. The lowest BCUT2D eigenvalue weighted by Gasteiger charge is -2.04. The second kappa shape index (κ2) is 5.66. The number of nitrogens with zero attached hydrogens (tertiary/aromatic N) is 1. The number of pyridine rings is 1. The smallest absolute Gasteiger partial charge is 0.371 e. The van der Waals surface area contributed by atoms with E-state index < -0.39 is 5.97 Å². The molecular weight excluding hydrogens is 302 g/mol. The minimum absolute atomic E-state index is 0.103. The molecule has 1 N–H and O–H groups in total. The molecule has 0 saturated carbocycles. The highest BCUT2D eigenvalue weighted by atomic mass is 16.4. The number of hydrogen-bond donors (Lipinski definition) is 1. The van der Waals surface area contributed by atoms with Crippen LogP contribution >= 0.6 is 0 Å². The van der Waals surface area contributed by atoms with Crippen molar-refractivity contribution < 1.29 is 14.3 Å². The van der Waals surface area contributed by atoms with Gasteiger partial charge in [-0.05, 0) is 22.8 Å². The number of aromatic carboxylic acids is 1. The lowest BCUT2D eigenvalue weighted by atomic mass is 10.0. The molecule has 116 valence electrons. The summed E-state index contributed by atoms with van der Waals surface area (Å²) >= 11 is 0. The van der Waals surface area contributed by atoms with Crippen LogP contribution in [0, 0.1) is 0 Å². The van der Waals surface area contributed by atoms with Crippen molar-refractivity contribution >= 4 is 17.1 Å². The van der Waals surface area contributed by atoms with E-state index >= 15 is 0 Å². The fourth-order valence-corrected chi connectivity index (χ4v) is 2.68. The van der Waals surface area contributed by atoms with Crippen LogP contribution in [0.4, 0.5) is 0 Å². The number of rotatable bonds is 3. The van der Waals surface area contributed by atoms with Gasteiger partial charge in [-0.1, -0.05) is 54.6 Å². The first-order chi connectivity index (χ1) is 11.7. The quantitative estimate of drug-likeness (QED) is 0.586. The Kier molecular flexibility index (Phi) is 3.35. The van der Waals surface area contributed by atoms with Crippen molar-refractivity contribution in [2.75, 3.05) is 0 Å². The summed E-state index contributed by atoms with van der Waals surface area (Å²) in [7, 11) is 0. The SMILES string of the molecule is O=C(O)c1cc2cc(-c3ccc(-c4ccccc4)cc3)cnc2o1. The van der Waals surface area contributed by atoms with Gasteiger partial charge >= 0.3 is 5.97 Å². The molecule has 0 fully saturated rings. The molecule has 0 aliphatic heterocycles. The van der Waals surface area contributed by atoms with Gasteiger partial charge in [-0.15, -0.1) is 0 Å². The maximum absolute atomic E-state index is 11.0. The first kappa shape index (κ1) is 14.2. The van der Waals surface area contributed by atoms with Gasteiger partial charge in [0.1, 0.15) is 0 Å². The van der Waals surface area contributed by atoms with Crippen LogP contribution in [0.3, 0.4) is 0 Å². The molecule has 0 amide bonds. The zero-order valence-electron chi connectivity index (χ0n) is 12.6. The Morgan fingerprint density at radius 2 is 1.46 bits per heavy atom. The van der Waals surface area contributed by atoms with Crippen LogP contribution in [0.15, 0.2) is 77.3 Å². The minimum Gasteiger partial charge on any atom is -0.475 e. The number of carboxylic acids is 1. The Bertz CT molecular complexity index is 1020. The zero-order chi connectivity index (χ0) is 16.5. The van der Waals surface area contributed by atoms with E-state index in [0.717, 1.165) is 16.7 Å². The van der Waals surface area contributed by atoms with Gasteiger partial charge in [-0.3, -0.25) is 0 Å². The number of carboxylic acid groups (broad SMARTS) is 1. The lowest BCUT2D eigenvalue weighted by Crippen LogP contribution is -1.91. The van der Waals surface area contributed by atoms with Crippen molar-refractivity contribution in [1.29, 1.82) is 0 Å². The lowest BCUT2D eigenvalue weighted by molar-refractivity contribution is 0.0664. The first-order valence-electron chi connectivity index (χ1n) is 7.49. The van der Waals surface area contributed by atoms with Crippen molar-refractivity contribution in [3.63, 3.8) is 0 Å². The van der Waals surface area contributed by atoms with Crippen molar-refractivity contribution in [3.8, 4) is 22.3 Å². The third kappa shape index (κ3) is 2.54. The van der Waals surface area contributed by atoms with Gasteiger partial charge < -0.3 is 9.52 Å². The van der Waals surface area contributed by atoms with Crippen LogP contribution < -0.4 is 0 Å². The van der Waals surface area contributed by atoms with E-state index in [0.29, 0.717) is 11.1 Å². The van der Waals surface area contributed by atoms with Gasteiger partial charge in [0.25, 0.3) is 0 Å². The molecule has 0 spiro atoms. The summed E-state index contributed by atoms with van der Waals surface area (Å²) < 4.78 is 5.19. The Morgan fingerprint density at radius 3 is 2.12 bits per heavy atom. The summed E-state index contributed by atoms with van der Waals surface area (Å²) in [4.78, 5) is 15.2. The van der Waals surface area contributed by atoms with E-state index in [9.17, 15) is 4.79 Å². The van der Waals surface area contributed by atoms with Crippen LogP contribution in [0.5, 0.6) is 0 Å². The minimum atomic E-state index is -1.10. The number of furan rings is 1. The largest absolute Gasteiger partial charge is 0.475 e. The van der Waals surface area contributed by atoms with Gasteiger partial charge in [-0.25, -0.2) is 9.78 Å². The Balaban J connectivity index is 1.70. The highest BCUT2D eigenvalue weighted by molar-refractivity contribution is 5.91. The molecule has 0 aliphatic carbocycles. The molecule has 2 heterocycles. The van der Waals surface area contributed by atoms with Gasteiger partial charge in [0.15, 0.2) is 0 Å². The van der Waals surface area contributed by atoms with Gasteiger partial charge in [0, 0.05) is 23.2 Å². The topological polar surface area (TPSA) is 63.3 Å². The van der Waals surface area contributed by atoms with E-state index in [1.54, 1.807) is 6.20 Å². The predicted octanol–water partition coefficient (Wildman–Crippen LogP) is 4.86. The van der Waals surface area contributed by atoms with Gasteiger partial charge in [0.05, 0.1) is 0 Å². The van der Waals surface area contributed by atoms with Crippen LogP contribution in [0.2, 0.25) is 0 Å². The normalized spacial score (nSPS) is 10.8. The summed E-state index contributed by atoms with van der Waals surface area (Å²) in [5, 5.41) is 9.67. The van der Waals surface area contributed by atoms with Gasteiger partial charge in [-0.2, -0.15) is 0 Å². The molecule has 4 rings (SSSR count). The number of fused-ring (bicyclic) bond motifs is 1. The second-order valence-electron chi connectivity index (χ2n) is 5.48. The number of carbonyl (C=O) groups is 1. The third-order valence-corrected chi connectivity index (χ3v) is 3.91. The van der Waals surface area contributed by atoms with Gasteiger partial charge in [0.2, 0.25) is 11.5 Å². The summed E-state index contributed by atoms with van der Waals surface area (Å²) in [5.41, 5.74) is 4.57. The molecule has 2 aromatic heterocycles. The van der Waals surface area contributed by atoms with Crippen molar-refractivity contribution in [2.24, 2.45) is 0 Å². The molecule has 0 aliphatic rings. The van der Waals surface area contributed by atoms with Crippen LogP contribution in [-0.4, -0.2) is 16.1 Å². The second-order valence-corrected chi connectivity index (χ2v) is 5.48. The fraction of sp³-hybridized carbons (Fsp3) is 0. The molecule has 0 saturated heterocycles. The Morgan fingerprint density at radius 1 is 0.833 bits per heavy atom. The third-order valence-electron chi connectivity index (χ3n) is 3.91. The van der Waals surface area contributed by atoms with Crippen molar-refractivity contribution in [2.45, 2.75) is 0 Å². The summed E-state index contributed by atoms with van der Waals surface area (Å²) in [5.74, 6) is -1.20. The maximum atomic E-state index is 11.0. The molecular formula is C20H13NO3. The summed E-state index contributed by atoms with van der Waals surface area (Å²) in [6.07, 6.45) is 1.69. The van der Waals surface area contributed by atoms with E-state index in [1.165, 1.54) is 11.6 Å². The van der Waals surface area contributed by atoms with E-state index in [2.05, 4.69) is 29.2 Å². The van der Waals surface area contributed by atoms with E-state index in [-0.39, 0.29) is 5.76 Å². The van der Waals surface area contributed by atoms with E-state index in [1.807, 2.05) is 36.4 Å². The number of benzene rings is 2. The van der Waals surface area contributed by atoms with Crippen molar-refractivity contribution in [1.82, 2.24) is 4.98 Å². The van der Waals surface area contributed by atoms with Crippen LogP contribution in [0.25, 0.3) is 33.4 Å². The number of aromatic nitrogens is 1. The Labute approximate surface area is 138 Å². The monoisotopic (exact) mass is 315 g/mol. The molecule has 4 nitrogen and oxygen atoms in total. The highest BCUT2D eigenvalue weighted by Gasteiger charge is 2.12. The predicted molar refractivity (Wildman–Crippen MR) is 91.8 cm³/mol. The molecule has 0 bridgehead atoms. The highest BCUT2D eigenvalue weighted by Crippen LogP contribution is 2.27. The molecule has 0 atom stereocenters. The first-order valence-corrected chi connectivity index (χ1v) is 7.49. The standard InChI is InChI=1S/C20H13NO3/c22-20(23)18-11-16-10-17(12-21-19(16)24-18)15-8-6-14(7-9-15)13-4-2-1-3-5-13/h1-12H,(H,22,23). The Hall–Kier alpha value is -3.40. The average Bonchev–Trinajstić information content (AvgIpc) is 3.06. The maximum Gasteiger partial charge on any atom is 0.371 e. The fourth-order valence-electron chi connectivity index (χ4n) is 2.68. The average molecular weight is 315 g/mol. The summed E-state index contributed by atoms with van der Waals surface area (Å²) in [6.45, 7) is 0. The molecule has 4 aromatic rings. The molecule has 4 heteroatoms. The molecule has 0 radical (unpaired) electrons. The molecule has 0 unspecified atom stereocenters. The zero-order valence-corrected chi connectivity index (χ0v) is 12.6. The van der Waals surface area contributed by atoms with Crippen LogP contribution in [0.1, 0.15) is 10.6 Å².